The molecule has 1 aliphatic heterocycles. The highest BCUT2D eigenvalue weighted by atomic mass is 32.2. The van der Waals surface area contributed by atoms with Crippen LogP contribution in [0.3, 0.4) is 0 Å². The van der Waals surface area contributed by atoms with Crippen molar-refractivity contribution in [3.63, 3.8) is 0 Å². The van der Waals surface area contributed by atoms with E-state index in [1.807, 2.05) is 0 Å². The standard InChI is InChI=1S/C9H8N2O3S/c1-15-7-5-3-2-4-6(7)10-8(12)9(15)11(13)14/h2-5,9H,1H2,(H,10,12). The number of benzene rings is 1. The monoisotopic (exact) mass is 224 g/mol. The van der Waals surface area contributed by atoms with Gasteiger partial charge in [-0.25, -0.2) is 0 Å². The van der Waals surface area contributed by atoms with Crippen molar-refractivity contribution >= 4 is 27.9 Å². The van der Waals surface area contributed by atoms with E-state index in [9.17, 15) is 14.9 Å². The smallest absolute Gasteiger partial charge is 0.318 e. The number of hydrogen-bond donors (Lipinski definition) is 1. The van der Waals surface area contributed by atoms with Crippen LogP contribution in [0, 0.1) is 10.1 Å². The highest BCUT2D eigenvalue weighted by Crippen LogP contribution is 2.39. The van der Waals surface area contributed by atoms with Crippen molar-refractivity contribution < 1.29 is 9.72 Å². The highest BCUT2D eigenvalue weighted by molar-refractivity contribution is 8.15. The fourth-order valence-electron chi connectivity index (χ4n) is 1.44. The molecule has 0 aliphatic carbocycles. The Balaban J connectivity index is 2.52. The first-order chi connectivity index (χ1) is 7.11. The maximum absolute atomic E-state index is 11.4. The molecule has 1 aliphatic rings. The molecule has 0 aromatic heterocycles. The van der Waals surface area contributed by atoms with Crippen molar-refractivity contribution in [1.29, 1.82) is 0 Å². The first-order valence-electron chi connectivity index (χ1n) is 4.17. The molecule has 78 valence electrons. The van der Waals surface area contributed by atoms with Crippen molar-refractivity contribution in [1.82, 2.24) is 0 Å². The van der Waals surface area contributed by atoms with Crippen LogP contribution in [-0.4, -0.2) is 22.1 Å². The average molecular weight is 224 g/mol. The zero-order chi connectivity index (χ0) is 11.0. The van der Waals surface area contributed by atoms with Gasteiger partial charge in [-0.2, -0.15) is 0 Å². The van der Waals surface area contributed by atoms with E-state index in [0.29, 0.717) is 5.69 Å². The van der Waals surface area contributed by atoms with Crippen molar-refractivity contribution in [2.75, 3.05) is 5.32 Å². The predicted molar refractivity (Wildman–Crippen MR) is 58.8 cm³/mol. The zero-order valence-corrected chi connectivity index (χ0v) is 8.49. The zero-order valence-electron chi connectivity index (χ0n) is 7.67. The van der Waals surface area contributed by atoms with Crippen LogP contribution in [0.5, 0.6) is 0 Å². The van der Waals surface area contributed by atoms with Crippen LogP contribution in [0.25, 0.3) is 0 Å². The van der Waals surface area contributed by atoms with E-state index >= 15 is 0 Å². The van der Waals surface area contributed by atoms with E-state index < -0.39 is 26.7 Å². The molecule has 0 saturated heterocycles. The normalized spacial score (nSPS) is 24.1. The van der Waals surface area contributed by atoms with Gasteiger partial charge in [0.15, 0.2) is 0 Å². The topological polar surface area (TPSA) is 72.2 Å². The van der Waals surface area contributed by atoms with Gasteiger partial charge in [0.1, 0.15) is 0 Å². The summed E-state index contributed by atoms with van der Waals surface area (Å²) in [6.07, 6.45) is 0. The molecule has 0 radical (unpaired) electrons. The molecule has 1 heterocycles. The molecule has 1 aromatic rings. The Morgan fingerprint density at radius 1 is 1.47 bits per heavy atom. The second kappa shape index (κ2) is 3.47. The third kappa shape index (κ3) is 1.52. The molecular weight excluding hydrogens is 216 g/mol. The Bertz CT molecular complexity index is 472. The van der Waals surface area contributed by atoms with Crippen molar-refractivity contribution in [2.24, 2.45) is 0 Å². The van der Waals surface area contributed by atoms with Crippen LogP contribution in [0.2, 0.25) is 0 Å². The van der Waals surface area contributed by atoms with Crippen molar-refractivity contribution in [2.45, 2.75) is 10.3 Å². The third-order valence-electron chi connectivity index (χ3n) is 2.11. The van der Waals surface area contributed by atoms with Crippen molar-refractivity contribution in [3.05, 3.63) is 34.4 Å². The summed E-state index contributed by atoms with van der Waals surface area (Å²) in [6.45, 7) is 0. The Morgan fingerprint density at radius 3 is 2.80 bits per heavy atom. The van der Waals surface area contributed by atoms with E-state index in [1.165, 1.54) is 0 Å². The molecule has 1 amide bonds. The number of carbonyl (C=O) groups excluding carboxylic acids is 1. The van der Waals surface area contributed by atoms with Gasteiger partial charge in [0.25, 0.3) is 0 Å². The van der Waals surface area contributed by atoms with E-state index in [2.05, 4.69) is 11.2 Å². The van der Waals surface area contributed by atoms with E-state index in [4.69, 9.17) is 0 Å². The third-order valence-corrected chi connectivity index (χ3v) is 3.96. The van der Waals surface area contributed by atoms with Gasteiger partial charge >= 0.3 is 11.3 Å². The van der Waals surface area contributed by atoms with Gasteiger partial charge in [0, 0.05) is 9.82 Å². The molecular formula is C9H8N2O3S. The number of anilines is 1. The molecule has 2 atom stereocenters. The summed E-state index contributed by atoms with van der Waals surface area (Å²) >= 11 is 0. The first kappa shape index (κ1) is 9.85. The van der Waals surface area contributed by atoms with Crippen LogP contribution in [-0.2, 0) is 4.79 Å². The van der Waals surface area contributed by atoms with E-state index in [1.54, 1.807) is 24.3 Å². The predicted octanol–water partition coefficient (Wildman–Crippen LogP) is 1.30. The van der Waals surface area contributed by atoms with Gasteiger partial charge in [-0.3, -0.25) is 14.9 Å². The van der Waals surface area contributed by atoms with E-state index in [0.717, 1.165) is 4.90 Å². The molecule has 6 heteroatoms. The molecule has 2 unspecified atom stereocenters. The summed E-state index contributed by atoms with van der Waals surface area (Å²) in [5, 5.41) is 11.9. The molecule has 1 aromatic carbocycles. The Kier molecular flexibility index (Phi) is 2.28. The minimum atomic E-state index is -1.26. The lowest BCUT2D eigenvalue weighted by Crippen LogP contribution is -2.36. The fraction of sp³-hybridized carbons (Fsp3) is 0.111. The first-order valence-corrected chi connectivity index (χ1v) is 5.63. The molecule has 0 saturated carbocycles. The summed E-state index contributed by atoms with van der Waals surface area (Å²) in [7, 11) is -0.924. The minimum Gasteiger partial charge on any atom is -0.318 e. The summed E-state index contributed by atoms with van der Waals surface area (Å²) in [5.74, 6) is 3.13. The summed E-state index contributed by atoms with van der Waals surface area (Å²) in [6, 6.07) is 7.01. The summed E-state index contributed by atoms with van der Waals surface area (Å²) in [5.41, 5.74) is 0.624. The Labute approximate surface area is 88.2 Å². The fourth-order valence-corrected chi connectivity index (χ4v) is 2.86. The average Bonchev–Trinajstić information content (AvgIpc) is 2.17. The number of fused-ring (bicyclic) bond motifs is 1. The number of hydrogen-bond acceptors (Lipinski definition) is 3. The van der Waals surface area contributed by atoms with Gasteiger partial charge in [-0.05, 0) is 12.1 Å². The maximum atomic E-state index is 11.4. The van der Waals surface area contributed by atoms with Crippen LogP contribution in [0.1, 0.15) is 0 Å². The number of nitro groups is 1. The van der Waals surface area contributed by atoms with Gasteiger partial charge in [-0.15, -0.1) is 0 Å². The molecule has 2 rings (SSSR count). The molecule has 15 heavy (non-hydrogen) atoms. The number of carbonyl (C=O) groups is 1. The Morgan fingerprint density at radius 2 is 2.13 bits per heavy atom. The Hall–Kier alpha value is -1.69. The van der Waals surface area contributed by atoms with Crippen molar-refractivity contribution in [3.8, 4) is 0 Å². The van der Waals surface area contributed by atoms with Crippen LogP contribution in [0.4, 0.5) is 5.69 Å². The lowest BCUT2D eigenvalue weighted by atomic mass is 10.3. The molecule has 0 fully saturated rings. The highest BCUT2D eigenvalue weighted by Gasteiger charge is 2.37. The van der Waals surface area contributed by atoms with E-state index in [-0.39, 0.29) is 0 Å². The summed E-state index contributed by atoms with van der Waals surface area (Å²) < 4.78 is 0. The van der Waals surface area contributed by atoms with Gasteiger partial charge < -0.3 is 5.32 Å². The quantitative estimate of drug-likeness (QED) is 0.444. The van der Waals surface area contributed by atoms with Crippen LogP contribution >= 0.6 is 10.5 Å². The minimum absolute atomic E-state index is 0.582. The summed E-state index contributed by atoms with van der Waals surface area (Å²) in [4.78, 5) is 22.3. The van der Waals surface area contributed by atoms with Gasteiger partial charge in [0.2, 0.25) is 0 Å². The number of para-hydroxylation sites is 1. The lowest BCUT2D eigenvalue weighted by Gasteiger charge is -2.21. The maximum Gasteiger partial charge on any atom is 0.334 e. The van der Waals surface area contributed by atoms with Crippen LogP contribution in [0.15, 0.2) is 29.2 Å². The number of rotatable bonds is 1. The number of nitrogens with zero attached hydrogens (tertiary/aromatic N) is 1. The second-order valence-electron chi connectivity index (χ2n) is 3.05. The lowest BCUT2D eigenvalue weighted by molar-refractivity contribution is -0.481. The molecule has 1 N–H and O–H groups in total. The largest absolute Gasteiger partial charge is 0.334 e. The van der Waals surface area contributed by atoms with Gasteiger partial charge in [-0.1, -0.05) is 28.5 Å². The molecule has 5 nitrogen and oxygen atoms in total. The van der Waals surface area contributed by atoms with Crippen LogP contribution < -0.4 is 5.32 Å². The SMILES string of the molecule is C=S1c2ccccc2NC(=O)C1[N+](=O)[O-]. The van der Waals surface area contributed by atoms with Gasteiger partial charge in [0.05, 0.1) is 5.69 Å². The number of nitrogens with one attached hydrogen (secondary N) is 1. The molecule has 0 bridgehead atoms. The number of amides is 1. The second-order valence-corrected chi connectivity index (χ2v) is 4.80. The molecule has 0 spiro atoms.